The maximum atomic E-state index is 13.3. The molecule has 3 N–H and O–H groups in total. The number of aryl methyl sites for hydroxylation is 3. The first-order chi connectivity index (χ1) is 18.6. The molecule has 2 aromatic heterocycles. The molecule has 1 spiro atoms. The molecule has 1 aliphatic carbocycles. The number of pyridine rings is 2. The number of nitrogens with one attached hydrogen (secondary N) is 1. The zero-order valence-corrected chi connectivity index (χ0v) is 22.8. The molecule has 0 saturated carbocycles. The Kier molecular flexibility index (Phi) is 7.15. The number of sulfonamides is 1. The molecule has 10 nitrogen and oxygen atoms in total. The number of amides is 1. The van der Waals surface area contributed by atoms with Crippen molar-refractivity contribution >= 4 is 27.3 Å². The average Bonchev–Trinajstić information content (AvgIpc) is 3.34. The third-order valence-corrected chi connectivity index (χ3v) is 7.97. The number of aromatic nitrogens is 2. The number of benzene rings is 1. The van der Waals surface area contributed by atoms with Crippen LogP contribution in [0, 0.1) is 20.8 Å². The van der Waals surface area contributed by atoms with Crippen molar-refractivity contribution in [2.24, 2.45) is 0 Å². The fourth-order valence-corrected chi connectivity index (χ4v) is 5.85. The Morgan fingerprint density at radius 3 is 2.41 bits per heavy atom. The fourth-order valence-electron chi connectivity index (χ4n) is 4.90. The van der Waals surface area contributed by atoms with Crippen LogP contribution in [-0.4, -0.2) is 43.3 Å². The Morgan fingerprint density at radius 2 is 1.77 bits per heavy atom. The molecule has 3 heterocycles. The summed E-state index contributed by atoms with van der Waals surface area (Å²) < 4.78 is 45.7. The molecule has 2 aliphatic rings. The molecule has 1 aliphatic heterocycles. The number of nitrogens with two attached hydrogens (primary N) is 1. The molecule has 1 aromatic carbocycles. The van der Waals surface area contributed by atoms with Crippen LogP contribution < -0.4 is 15.2 Å². The van der Waals surface area contributed by atoms with Crippen LogP contribution in [0.2, 0.25) is 0 Å². The van der Waals surface area contributed by atoms with Crippen molar-refractivity contribution in [3.63, 3.8) is 0 Å². The van der Waals surface area contributed by atoms with Gasteiger partial charge < -0.3 is 19.9 Å². The number of allylic oxidation sites excluding steroid dienone is 1. The van der Waals surface area contributed by atoms with Crippen LogP contribution in [0.3, 0.4) is 0 Å². The van der Waals surface area contributed by atoms with Crippen LogP contribution in [0.4, 0.5) is 5.82 Å². The van der Waals surface area contributed by atoms with Gasteiger partial charge in [-0.3, -0.25) is 4.79 Å². The lowest BCUT2D eigenvalue weighted by atomic mass is 9.92. The second-order valence-electron chi connectivity index (χ2n) is 9.76. The van der Waals surface area contributed by atoms with E-state index < -0.39 is 21.7 Å². The summed E-state index contributed by atoms with van der Waals surface area (Å²) in [7, 11) is -4.30. The zero-order valence-electron chi connectivity index (χ0n) is 22.0. The van der Waals surface area contributed by atoms with Crippen molar-refractivity contribution < 1.29 is 27.4 Å². The van der Waals surface area contributed by atoms with Gasteiger partial charge in [0.2, 0.25) is 5.88 Å². The highest BCUT2D eigenvalue weighted by atomic mass is 32.2. The minimum atomic E-state index is -4.30. The third kappa shape index (κ3) is 5.65. The van der Waals surface area contributed by atoms with Gasteiger partial charge in [0.15, 0.2) is 10.8 Å². The van der Waals surface area contributed by atoms with Gasteiger partial charge in [-0.1, -0.05) is 29.8 Å². The van der Waals surface area contributed by atoms with E-state index in [0.717, 1.165) is 22.3 Å². The largest absolute Gasteiger partial charge is 0.438 e. The molecule has 204 valence electrons. The van der Waals surface area contributed by atoms with Crippen molar-refractivity contribution in [3.05, 3.63) is 76.5 Å². The van der Waals surface area contributed by atoms with Crippen molar-refractivity contribution in [1.29, 1.82) is 0 Å². The summed E-state index contributed by atoms with van der Waals surface area (Å²) >= 11 is 0. The lowest BCUT2D eigenvalue weighted by Gasteiger charge is -2.30. The first-order valence-corrected chi connectivity index (χ1v) is 14.1. The monoisotopic (exact) mass is 550 g/mol. The zero-order chi connectivity index (χ0) is 27.8. The van der Waals surface area contributed by atoms with Gasteiger partial charge in [-0.05, 0) is 68.2 Å². The minimum Gasteiger partial charge on any atom is -0.438 e. The lowest BCUT2D eigenvalue weighted by molar-refractivity contribution is -0.159. The van der Waals surface area contributed by atoms with Gasteiger partial charge in [0.25, 0.3) is 15.9 Å². The number of nitrogen functional groups attached to an aromatic ring is 1. The van der Waals surface area contributed by atoms with Gasteiger partial charge in [-0.25, -0.2) is 14.7 Å². The molecule has 1 amide bonds. The van der Waals surface area contributed by atoms with Gasteiger partial charge in [0, 0.05) is 12.8 Å². The fraction of sp³-hybridized carbons (Fsp3) is 0.321. The summed E-state index contributed by atoms with van der Waals surface area (Å²) in [5.74, 6) is -0.932. The van der Waals surface area contributed by atoms with Crippen LogP contribution >= 0.6 is 0 Å². The van der Waals surface area contributed by atoms with Crippen molar-refractivity contribution in [2.45, 2.75) is 50.8 Å². The Hall–Kier alpha value is -3.80. The molecule has 0 unspecified atom stereocenters. The number of rotatable bonds is 6. The van der Waals surface area contributed by atoms with E-state index in [-0.39, 0.29) is 22.3 Å². The highest BCUT2D eigenvalue weighted by Gasteiger charge is 2.38. The highest BCUT2D eigenvalue weighted by Crippen LogP contribution is 2.39. The highest BCUT2D eigenvalue weighted by molar-refractivity contribution is 7.90. The number of ether oxygens (including phenoxy) is 3. The predicted octanol–water partition coefficient (Wildman–Crippen LogP) is 4.21. The topological polar surface area (TPSA) is 143 Å². The van der Waals surface area contributed by atoms with Gasteiger partial charge in [-0.15, -0.1) is 0 Å². The molecule has 3 aromatic rings. The van der Waals surface area contributed by atoms with Crippen molar-refractivity contribution in [1.82, 2.24) is 14.7 Å². The van der Waals surface area contributed by atoms with Gasteiger partial charge in [0.05, 0.1) is 18.9 Å². The Balaban J connectivity index is 1.50. The van der Waals surface area contributed by atoms with Gasteiger partial charge >= 0.3 is 0 Å². The first kappa shape index (κ1) is 26.8. The minimum absolute atomic E-state index is 0.00894. The average molecular weight is 551 g/mol. The van der Waals surface area contributed by atoms with E-state index in [9.17, 15) is 13.2 Å². The number of carbonyl (C=O) groups is 1. The summed E-state index contributed by atoms with van der Waals surface area (Å²) in [5, 5.41) is -0.370. The Bertz CT molecular complexity index is 1560. The molecule has 39 heavy (non-hydrogen) atoms. The van der Waals surface area contributed by atoms with Crippen LogP contribution in [-0.2, 0) is 19.5 Å². The third-order valence-electron chi connectivity index (χ3n) is 6.73. The molecule has 0 bridgehead atoms. The van der Waals surface area contributed by atoms with Gasteiger partial charge in [-0.2, -0.15) is 8.42 Å². The quantitative estimate of drug-likeness (QED) is 0.461. The molecule has 5 rings (SSSR count). The number of nitrogens with zero attached hydrogens (tertiary/aromatic N) is 2. The van der Waals surface area contributed by atoms with Crippen molar-refractivity contribution in [3.8, 4) is 11.6 Å². The summed E-state index contributed by atoms with van der Waals surface area (Å²) in [6, 6.07) is 11.3. The summed E-state index contributed by atoms with van der Waals surface area (Å²) in [6.07, 6.45) is 3.96. The van der Waals surface area contributed by atoms with Crippen LogP contribution in [0.25, 0.3) is 5.57 Å². The summed E-state index contributed by atoms with van der Waals surface area (Å²) in [4.78, 5) is 21.8. The van der Waals surface area contributed by atoms with E-state index in [1.54, 1.807) is 6.07 Å². The second-order valence-corrected chi connectivity index (χ2v) is 11.4. The smallest absolute Gasteiger partial charge is 0.281 e. The molecular formula is C28H30N4O6S. The van der Waals surface area contributed by atoms with Crippen LogP contribution in [0.5, 0.6) is 11.6 Å². The molecule has 1 saturated heterocycles. The molecule has 11 heteroatoms. The van der Waals surface area contributed by atoms with E-state index in [4.69, 9.17) is 19.9 Å². The first-order valence-electron chi connectivity index (χ1n) is 12.6. The number of carbonyl (C=O) groups excluding carboxylic acids is 1. The maximum Gasteiger partial charge on any atom is 0.281 e. The van der Waals surface area contributed by atoms with E-state index >= 15 is 0 Å². The van der Waals surface area contributed by atoms with E-state index in [2.05, 4.69) is 14.7 Å². The summed E-state index contributed by atoms with van der Waals surface area (Å²) in [5.41, 5.74) is 9.96. The van der Waals surface area contributed by atoms with E-state index in [1.807, 2.05) is 39.0 Å². The lowest BCUT2D eigenvalue weighted by Crippen LogP contribution is -2.32. The second kappa shape index (κ2) is 10.4. The van der Waals surface area contributed by atoms with E-state index in [1.165, 1.54) is 24.3 Å². The number of hydrogen-bond acceptors (Lipinski definition) is 9. The standard InChI is InChI=1S/C28H30N4O6S/c1-17-15-18(2)25(19(3)16-17)38-27-21(26(33)32-39(34,35)24-6-4-5-23(29)31-24)7-8-22(30-27)20-9-11-28(12-10-20)36-13-14-37-28/h4-9,15-16H,10-14H2,1-3H3,(H2,29,31)(H,32,33). The predicted molar refractivity (Wildman–Crippen MR) is 145 cm³/mol. The number of hydrogen-bond donors (Lipinski definition) is 2. The number of anilines is 1. The SMILES string of the molecule is Cc1cc(C)c(Oc2nc(C3=CCC4(CC3)OCCO4)ccc2C(=O)NS(=O)(=O)c2cccc(N)n2)c(C)c1. The normalized spacial score (nSPS) is 16.6. The van der Waals surface area contributed by atoms with Crippen LogP contribution in [0.15, 0.2) is 53.6 Å². The Morgan fingerprint density at radius 1 is 1.05 bits per heavy atom. The molecular weight excluding hydrogens is 520 g/mol. The summed E-state index contributed by atoms with van der Waals surface area (Å²) in [6.45, 7) is 6.94. The molecule has 0 atom stereocenters. The molecule has 1 fully saturated rings. The van der Waals surface area contributed by atoms with Crippen molar-refractivity contribution in [2.75, 3.05) is 18.9 Å². The van der Waals surface area contributed by atoms with E-state index in [0.29, 0.717) is 43.9 Å². The van der Waals surface area contributed by atoms with Gasteiger partial charge in [0.1, 0.15) is 17.1 Å². The Labute approximate surface area is 227 Å². The molecule has 0 radical (unpaired) electrons. The maximum absolute atomic E-state index is 13.3. The van der Waals surface area contributed by atoms with Crippen LogP contribution in [0.1, 0.15) is 52.0 Å².